The van der Waals surface area contributed by atoms with Crippen LogP contribution in [0.4, 0.5) is 0 Å². The van der Waals surface area contributed by atoms with Crippen molar-refractivity contribution in [3.05, 3.63) is 18.0 Å². The van der Waals surface area contributed by atoms with Crippen molar-refractivity contribution in [3.63, 3.8) is 0 Å². The number of aliphatic hydroxyl groups excluding tert-OH is 1. The van der Waals surface area contributed by atoms with Gasteiger partial charge in [0, 0.05) is 18.5 Å². The molecule has 5 nitrogen and oxygen atoms in total. The number of rotatable bonds is 5. The number of hydrogen-bond donors (Lipinski definition) is 2. The maximum absolute atomic E-state index is 9.49. The lowest BCUT2D eigenvalue weighted by Crippen LogP contribution is -2.22. The first-order valence-electron chi connectivity index (χ1n) is 4.65. The van der Waals surface area contributed by atoms with Gasteiger partial charge in [0.25, 0.3) is 0 Å². The Bertz CT molecular complexity index is 295. The van der Waals surface area contributed by atoms with Crippen molar-refractivity contribution in [1.29, 1.82) is 0 Å². The van der Waals surface area contributed by atoms with Gasteiger partial charge in [0.1, 0.15) is 11.5 Å². The topological polar surface area (TPSA) is 77.6 Å². The van der Waals surface area contributed by atoms with Crippen LogP contribution in [-0.4, -0.2) is 37.0 Å². The lowest BCUT2D eigenvalue weighted by atomic mass is 10.1. The smallest absolute Gasteiger partial charge is 0.144 e. The Morgan fingerprint density at radius 1 is 1.33 bits per heavy atom. The molecule has 0 saturated carbocycles. The van der Waals surface area contributed by atoms with Crippen molar-refractivity contribution in [2.24, 2.45) is 5.73 Å². The molecule has 0 fully saturated rings. The van der Waals surface area contributed by atoms with Gasteiger partial charge in [0.15, 0.2) is 0 Å². The number of hydrogen-bond acceptors (Lipinski definition) is 5. The van der Waals surface area contributed by atoms with E-state index in [9.17, 15) is 5.11 Å². The molecule has 1 rings (SSSR count). The van der Waals surface area contributed by atoms with Crippen LogP contribution in [0.3, 0.4) is 0 Å². The second-order valence-electron chi connectivity index (χ2n) is 3.12. The van der Waals surface area contributed by atoms with E-state index in [1.165, 1.54) is 0 Å². The van der Waals surface area contributed by atoms with Gasteiger partial charge in [-0.05, 0) is 0 Å². The maximum Gasteiger partial charge on any atom is 0.144 e. The molecule has 0 bridgehead atoms. The van der Waals surface area contributed by atoms with E-state index in [1.54, 1.807) is 26.6 Å². The number of nitrogens with two attached hydrogens (primary N) is 1. The fourth-order valence-corrected chi connectivity index (χ4v) is 1.32. The van der Waals surface area contributed by atoms with E-state index in [4.69, 9.17) is 15.2 Å². The Hall–Kier alpha value is -1.33. The molecule has 1 heterocycles. The highest BCUT2D eigenvalue weighted by atomic mass is 16.5. The molecule has 0 saturated heterocycles. The number of methoxy groups -OCH3 is 2. The van der Waals surface area contributed by atoms with E-state index in [0.717, 1.165) is 5.56 Å². The zero-order chi connectivity index (χ0) is 11.3. The molecule has 1 aromatic rings. The number of aromatic nitrogens is 1. The van der Waals surface area contributed by atoms with Crippen LogP contribution >= 0.6 is 0 Å². The zero-order valence-electron chi connectivity index (χ0n) is 8.93. The molecule has 1 aromatic heterocycles. The highest BCUT2D eigenvalue weighted by Crippen LogP contribution is 2.27. The summed E-state index contributed by atoms with van der Waals surface area (Å²) in [6.45, 7) is 0.203. The van der Waals surface area contributed by atoms with Crippen LogP contribution in [0.25, 0.3) is 0 Å². The summed E-state index contributed by atoms with van der Waals surface area (Å²) in [6, 6.07) is 0. The molecule has 3 N–H and O–H groups in total. The fraction of sp³-hybridized carbons (Fsp3) is 0.500. The van der Waals surface area contributed by atoms with E-state index in [-0.39, 0.29) is 6.54 Å². The van der Waals surface area contributed by atoms with Crippen molar-refractivity contribution in [2.45, 2.75) is 12.5 Å². The van der Waals surface area contributed by atoms with Gasteiger partial charge in [0.05, 0.1) is 32.7 Å². The molecule has 0 aliphatic heterocycles. The second-order valence-corrected chi connectivity index (χ2v) is 3.12. The monoisotopic (exact) mass is 212 g/mol. The first kappa shape index (κ1) is 11.7. The van der Waals surface area contributed by atoms with Crippen LogP contribution in [0.2, 0.25) is 0 Å². The molecular formula is C10H16N2O3. The van der Waals surface area contributed by atoms with Gasteiger partial charge in [-0.15, -0.1) is 0 Å². The van der Waals surface area contributed by atoms with Crippen molar-refractivity contribution >= 4 is 0 Å². The van der Waals surface area contributed by atoms with Gasteiger partial charge in [0.2, 0.25) is 0 Å². The molecular weight excluding hydrogens is 196 g/mol. The second kappa shape index (κ2) is 5.53. The largest absolute Gasteiger partial charge is 0.495 e. The van der Waals surface area contributed by atoms with Gasteiger partial charge in [-0.1, -0.05) is 0 Å². The molecule has 1 unspecified atom stereocenters. The van der Waals surface area contributed by atoms with E-state index in [0.29, 0.717) is 17.9 Å². The lowest BCUT2D eigenvalue weighted by molar-refractivity contribution is 0.180. The summed E-state index contributed by atoms with van der Waals surface area (Å²) in [5, 5.41) is 9.49. The van der Waals surface area contributed by atoms with Crippen LogP contribution in [0.5, 0.6) is 11.5 Å². The van der Waals surface area contributed by atoms with E-state index < -0.39 is 6.10 Å². The Labute approximate surface area is 88.8 Å². The van der Waals surface area contributed by atoms with Gasteiger partial charge in [-0.2, -0.15) is 0 Å². The van der Waals surface area contributed by atoms with Crippen molar-refractivity contribution in [2.75, 3.05) is 20.8 Å². The number of aliphatic hydroxyl groups is 1. The molecule has 15 heavy (non-hydrogen) atoms. The maximum atomic E-state index is 9.49. The minimum absolute atomic E-state index is 0.203. The SMILES string of the molecule is COc1cncc(OC)c1CC(O)CN. The lowest BCUT2D eigenvalue weighted by Gasteiger charge is -2.14. The quantitative estimate of drug-likeness (QED) is 0.716. The van der Waals surface area contributed by atoms with Crippen LogP contribution in [0.15, 0.2) is 12.4 Å². The minimum Gasteiger partial charge on any atom is -0.495 e. The van der Waals surface area contributed by atoms with E-state index in [2.05, 4.69) is 4.98 Å². The fourth-order valence-electron chi connectivity index (χ4n) is 1.32. The third-order valence-corrected chi connectivity index (χ3v) is 2.13. The Morgan fingerprint density at radius 2 is 1.87 bits per heavy atom. The first-order chi connectivity index (χ1) is 7.22. The van der Waals surface area contributed by atoms with Gasteiger partial charge in [-0.3, -0.25) is 4.98 Å². The van der Waals surface area contributed by atoms with Crippen molar-refractivity contribution < 1.29 is 14.6 Å². The predicted molar refractivity (Wildman–Crippen MR) is 56.1 cm³/mol. The summed E-state index contributed by atoms with van der Waals surface area (Å²) in [5.41, 5.74) is 6.14. The molecule has 0 aliphatic rings. The van der Waals surface area contributed by atoms with Crippen LogP contribution < -0.4 is 15.2 Å². The highest BCUT2D eigenvalue weighted by molar-refractivity contribution is 5.42. The Kier molecular flexibility index (Phi) is 4.33. The molecule has 5 heteroatoms. The average Bonchev–Trinajstić information content (AvgIpc) is 2.29. The van der Waals surface area contributed by atoms with E-state index in [1.807, 2.05) is 0 Å². The normalized spacial score (nSPS) is 12.3. The van der Waals surface area contributed by atoms with Crippen molar-refractivity contribution in [3.8, 4) is 11.5 Å². The minimum atomic E-state index is -0.602. The first-order valence-corrected chi connectivity index (χ1v) is 4.65. The molecule has 1 atom stereocenters. The zero-order valence-corrected chi connectivity index (χ0v) is 8.93. The van der Waals surface area contributed by atoms with Crippen LogP contribution in [0, 0.1) is 0 Å². The molecule has 0 spiro atoms. The van der Waals surface area contributed by atoms with Gasteiger partial charge >= 0.3 is 0 Å². The molecule has 0 amide bonds. The average molecular weight is 212 g/mol. The van der Waals surface area contributed by atoms with Crippen LogP contribution in [-0.2, 0) is 6.42 Å². The third kappa shape index (κ3) is 2.81. The summed E-state index contributed by atoms with van der Waals surface area (Å²) < 4.78 is 10.3. The highest BCUT2D eigenvalue weighted by Gasteiger charge is 2.14. The molecule has 0 radical (unpaired) electrons. The Balaban J connectivity index is 2.99. The summed E-state index contributed by atoms with van der Waals surface area (Å²) in [5.74, 6) is 1.20. The standard InChI is InChI=1S/C10H16N2O3/c1-14-9-5-12-6-10(15-2)8(9)3-7(13)4-11/h5-7,13H,3-4,11H2,1-2H3. The Morgan fingerprint density at radius 3 is 2.27 bits per heavy atom. The number of pyridine rings is 1. The number of nitrogens with zero attached hydrogens (tertiary/aromatic N) is 1. The van der Waals surface area contributed by atoms with E-state index >= 15 is 0 Å². The van der Waals surface area contributed by atoms with Gasteiger partial charge < -0.3 is 20.3 Å². The molecule has 0 aliphatic carbocycles. The van der Waals surface area contributed by atoms with Crippen LogP contribution in [0.1, 0.15) is 5.56 Å². The summed E-state index contributed by atoms with van der Waals surface area (Å²) in [4.78, 5) is 3.96. The molecule has 0 aromatic carbocycles. The summed E-state index contributed by atoms with van der Waals surface area (Å²) in [6.07, 6.45) is 2.96. The number of ether oxygens (including phenoxy) is 2. The molecule has 84 valence electrons. The van der Waals surface area contributed by atoms with Gasteiger partial charge in [-0.25, -0.2) is 0 Å². The summed E-state index contributed by atoms with van der Waals surface area (Å²) in [7, 11) is 3.10. The predicted octanol–water partition coefficient (Wildman–Crippen LogP) is -0.0391. The summed E-state index contributed by atoms with van der Waals surface area (Å²) >= 11 is 0. The van der Waals surface area contributed by atoms with Crippen molar-refractivity contribution in [1.82, 2.24) is 4.98 Å². The third-order valence-electron chi connectivity index (χ3n) is 2.13.